The first kappa shape index (κ1) is 19.2. The Labute approximate surface area is 158 Å². The summed E-state index contributed by atoms with van der Waals surface area (Å²) in [6, 6.07) is 9.82. The van der Waals surface area contributed by atoms with Gasteiger partial charge < -0.3 is 4.90 Å². The number of nitrogens with zero attached hydrogens (tertiary/aromatic N) is 5. The molecule has 7 nitrogen and oxygen atoms in total. The number of aryl methyl sites for hydroxylation is 2. The van der Waals surface area contributed by atoms with E-state index >= 15 is 0 Å². The lowest BCUT2D eigenvalue weighted by Gasteiger charge is -2.34. The van der Waals surface area contributed by atoms with Crippen LogP contribution in [0.15, 0.2) is 30.3 Å². The normalized spacial score (nSPS) is 15.5. The summed E-state index contributed by atoms with van der Waals surface area (Å²) in [4.78, 5) is 10.4. The Hall–Kier alpha value is -2.57. The number of anilines is 1. The molecule has 1 fully saturated rings. The summed E-state index contributed by atoms with van der Waals surface area (Å²) in [6.07, 6.45) is 0.141. The highest BCUT2D eigenvalue weighted by Crippen LogP contribution is 2.16. The highest BCUT2D eigenvalue weighted by atomic mass is 32.2. The number of rotatable bonds is 5. The van der Waals surface area contributed by atoms with Gasteiger partial charge in [0.05, 0.1) is 5.75 Å². The number of sulfonamides is 1. The summed E-state index contributed by atoms with van der Waals surface area (Å²) < 4.78 is 40.3. The Morgan fingerprint density at radius 2 is 1.89 bits per heavy atom. The van der Waals surface area contributed by atoms with Crippen LogP contribution >= 0.6 is 0 Å². The first-order chi connectivity index (χ1) is 12.9. The summed E-state index contributed by atoms with van der Waals surface area (Å²) in [5, 5.41) is 9.03. The minimum atomic E-state index is -3.48. The molecule has 9 heteroatoms. The van der Waals surface area contributed by atoms with Crippen molar-refractivity contribution in [2.75, 3.05) is 36.8 Å². The van der Waals surface area contributed by atoms with Crippen molar-refractivity contribution in [2.24, 2.45) is 0 Å². The highest BCUT2D eigenvalue weighted by molar-refractivity contribution is 7.89. The summed E-state index contributed by atoms with van der Waals surface area (Å²) in [5.41, 5.74) is 1.38. The third-order valence-corrected chi connectivity index (χ3v) is 6.33. The molecule has 1 aromatic carbocycles. The molecule has 0 unspecified atom stereocenters. The lowest BCUT2D eigenvalue weighted by atomic mass is 10.2. The van der Waals surface area contributed by atoms with E-state index in [1.807, 2.05) is 11.0 Å². The van der Waals surface area contributed by atoms with Gasteiger partial charge in [-0.25, -0.2) is 22.8 Å². The van der Waals surface area contributed by atoms with Gasteiger partial charge in [0.25, 0.3) is 0 Å². The van der Waals surface area contributed by atoms with Crippen molar-refractivity contribution in [2.45, 2.75) is 13.3 Å². The van der Waals surface area contributed by atoms with Crippen LogP contribution < -0.4 is 4.90 Å². The number of piperazine rings is 1. The van der Waals surface area contributed by atoms with Gasteiger partial charge in [-0.05, 0) is 31.0 Å². The van der Waals surface area contributed by atoms with Crippen LogP contribution in [-0.2, 0) is 16.4 Å². The maximum absolute atomic E-state index is 13.7. The molecule has 3 rings (SSSR count). The van der Waals surface area contributed by atoms with Crippen LogP contribution in [0.3, 0.4) is 0 Å². The molecule has 0 radical (unpaired) electrons. The lowest BCUT2D eigenvalue weighted by Crippen LogP contribution is -2.50. The van der Waals surface area contributed by atoms with Gasteiger partial charge in [0.1, 0.15) is 17.6 Å². The smallest absolute Gasteiger partial charge is 0.226 e. The number of hydrogen-bond donors (Lipinski definition) is 0. The molecule has 27 heavy (non-hydrogen) atoms. The molecule has 1 aliphatic rings. The molecule has 0 spiro atoms. The fourth-order valence-corrected chi connectivity index (χ4v) is 4.44. The fraction of sp³-hybridized carbons (Fsp3) is 0.389. The van der Waals surface area contributed by atoms with Gasteiger partial charge in [0, 0.05) is 31.9 Å². The van der Waals surface area contributed by atoms with E-state index in [1.165, 1.54) is 10.4 Å². The van der Waals surface area contributed by atoms with Gasteiger partial charge in [-0.1, -0.05) is 18.2 Å². The van der Waals surface area contributed by atoms with E-state index in [0.717, 1.165) is 0 Å². The van der Waals surface area contributed by atoms with Gasteiger partial charge in [-0.3, -0.25) is 0 Å². The van der Waals surface area contributed by atoms with Gasteiger partial charge in [0.15, 0.2) is 0 Å². The number of hydrogen-bond acceptors (Lipinski definition) is 6. The van der Waals surface area contributed by atoms with E-state index in [2.05, 4.69) is 9.97 Å². The molecule has 0 amide bonds. The average Bonchev–Trinajstić information content (AvgIpc) is 2.67. The standard InChI is InChI=1S/C18H20FN5O2S/c1-14-12-16(13-20)22-18(21-14)23-7-9-24(10-8-23)27(25,26)11-6-15-4-2-3-5-17(15)19/h2-5,12H,6-11H2,1H3. The number of benzene rings is 1. The first-order valence-corrected chi connectivity index (χ1v) is 10.2. The maximum Gasteiger partial charge on any atom is 0.226 e. The van der Waals surface area contributed by atoms with Crippen molar-refractivity contribution >= 4 is 16.0 Å². The zero-order valence-electron chi connectivity index (χ0n) is 15.0. The van der Waals surface area contributed by atoms with Crippen LogP contribution in [0, 0.1) is 24.1 Å². The Bertz CT molecular complexity index is 966. The van der Waals surface area contributed by atoms with Crippen molar-refractivity contribution in [3.05, 3.63) is 53.1 Å². The second-order valence-corrected chi connectivity index (χ2v) is 8.44. The Morgan fingerprint density at radius 1 is 1.19 bits per heavy atom. The Morgan fingerprint density at radius 3 is 2.56 bits per heavy atom. The second-order valence-electron chi connectivity index (χ2n) is 6.35. The third kappa shape index (κ3) is 4.59. The predicted molar refractivity (Wildman–Crippen MR) is 99.2 cm³/mol. The van der Waals surface area contributed by atoms with Crippen molar-refractivity contribution < 1.29 is 12.8 Å². The Balaban J connectivity index is 1.62. The van der Waals surface area contributed by atoms with Crippen molar-refractivity contribution in [3.63, 3.8) is 0 Å². The first-order valence-electron chi connectivity index (χ1n) is 8.61. The molecule has 2 heterocycles. The summed E-state index contributed by atoms with van der Waals surface area (Å²) in [5.74, 6) is -0.0784. The largest absolute Gasteiger partial charge is 0.338 e. The fourth-order valence-electron chi connectivity index (χ4n) is 2.99. The van der Waals surface area contributed by atoms with Crippen molar-refractivity contribution in [1.82, 2.24) is 14.3 Å². The van der Waals surface area contributed by atoms with E-state index in [-0.39, 0.29) is 23.7 Å². The molecular weight excluding hydrogens is 369 g/mol. The van der Waals surface area contributed by atoms with Crippen LogP contribution in [-0.4, -0.2) is 54.6 Å². The van der Waals surface area contributed by atoms with Gasteiger partial charge in [0.2, 0.25) is 16.0 Å². The van der Waals surface area contributed by atoms with Crippen LogP contribution in [0.4, 0.5) is 10.3 Å². The zero-order chi connectivity index (χ0) is 19.4. The molecule has 0 aliphatic carbocycles. The van der Waals surface area contributed by atoms with Gasteiger partial charge >= 0.3 is 0 Å². The van der Waals surface area contributed by atoms with E-state index in [4.69, 9.17) is 5.26 Å². The van der Waals surface area contributed by atoms with E-state index < -0.39 is 10.0 Å². The molecule has 1 saturated heterocycles. The predicted octanol–water partition coefficient (Wildman–Crippen LogP) is 1.49. The van der Waals surface area contributed by atoms with Crippen LogP contribution in [0.2, 0.25) is 0 Å². The molecule has 0 N–H and O–H groups in total. The molecule has 1 aromatic heterocycles. The average molecular weight is 389 g/mol. The molecule has 0 atom stereocenters. The minimum Gasteiger partial charge on any atom is -0.338 e. The molecule has 142 valence electrons. The van der Waals surface area contributed by atoms with Gasteiger partial charge in [-0.15, -0.1) is 0 Å². The van der Waals surface area contributed by atoms with E-state index in [0.29, 0.717) is 43.4 Å². The van der Waals surface area contributed by atoms with E-state index in [9.17, 15) is 12.8 Å². The van der Waals surface area contributed by atoms with Crippen LogP contribution in [0.5, 0.6) is 0 Å². The lowest BCUT2D eigenvalue weighted by molar-refractivity contribution is 0.382. The molecule has 1 aliphatic heterocycles. The summed E-state index contributed by atoms with van der Waals surface area (Å²) in [7, 11) is -3.48. The SMILES string of the molecule is Cc1cc(C#N)nc(N2CCN(S(=O)(=O)CCc3ccccc3F)CC2)n1. The second kappa shape index (κ2) is 7.98. The van der Waals surface area contributed by atoms with Crippen molar-refractivity contribution in [3.8, 4) is 6.07 Å². The summed E-state index contributed by atoms with van der Waals surface area (Å²) in [6.45, 7) is 3.27. The zero-order valence-corrected chi connectivity index (χ0v) is 15.8. The Kier molecular flexibility index (Phi) is 5.68. The minimum absolute atomic E-state index is 0.131. The quantitative estimate of drug-likeness (QED) is 0.770. The molecule has 2 aromatic rings. The molecule has 0 saturated carbocycles. The maximum atomic E-state index is 13.7. The monoisotopic (exact) mass is 389 g/mol. The number of aromatic nitrogens is 2. The summed E-state index contributed by atoms with van der Waals surface area (Å²) >= 11 is 0. The number of nitriles is 1. The van der Waals surface area contributed by atoms with Crippen LogP contribution in [0.25, 0.3) is 0 Å². The van der Waals surface area contributed by atoms with Crippen molar-refractivity contribution in [1.29, 1.82) is 5.26 Å². The van der Waals surface area contributed by atoms with Crippen LogP contribution in [0.1, 0.15) is 17.0 Å². The molecular formula is C18H20FN5O2S. The third-order valence-electron chi connectivity index (χ3n) is 4.46. The number of halogens is 1. The van der Waals surface area contributed by atoms with Gasteiger partial charge in [-0.2, -0.15) is 9.57 Å². The highest BCUT2D eigenvalue weighted by Gasteiger charge is 2.28. The molecule has 0 bridgehead atoms. The topological polar surface area (TPSA) is 90.2 Å². The van der Waals surface area contributed by atoms with E-state index in [1.54, 1.807) is 31.2 Å².